The van der Waals surface area contributed by atoms with E-state index in [0.717, 1.165) is 25.2 Å². The smallest absolute Gasteiger partial charge is 0.127 e. The molecule has 106 valence electrons. The molecule has 0 aliphatic carbocycles. The number of rotatable bonds is 5. The lowest BCUT2D eigenvalue weighted by molar-refractivity contribution is 0.314. The molecule has 0 saturated heterocycles. The number of hydrogen-bond donors (Lipinski definition) is 0. The second kappa shape index (κ2) is 6.45. The van der Waals surface area contributed by atoms with Gasteiger partial charge in [-0.3, -0.25) is 0 Å². The Kier molecular flexibility index (Phi) is 4.20. The fraction of sp³-hybridized carbons (Fsp3) is 0.200. The predicted octanol–water partition coefficient (Wildman–Crippen LogP) is 5.16. The molecule has 0 fully saturated rings. The highest BCUT2D eigenvalue weighted by Gasteiger charge is 2.01. The Morgan fingerprint density at radius 2 is 1.57 bits per heavy atom. The van der Waals surface area contributed by atoms with Crippen molar-refractivity contribution >= 4 is 10.8 Å². The summed E-state index contributed by atoms with van der Waals surface area (Å²) in [6.45, 7) is 2.87. The van der Waals surface area contributed by atoms with E-state index in [2.05, 4.69) is 67.6 Å². The van der Waals surface area contributed by atoms with Crippen LogP contribution in [0.15, 0.2) is 66.7 Å². The van der Waals surface area contributed by atoms with E-state index in [1.54, 1.807) is 0 Å². The van der Waals surface area contributed by atoms with Crippen LogP contribution in [0.2, 0.25) is 0 Å². The summed E-state index contributed by atoms with van der Waals surface area (Å²) in [6.07, 6.45) is 2.09. The Balaban J connectivity index is 1.58. The fourth-order valence-electron chi connectivity index (χ4n) is 2.53. The number of fused-ring (bicyclic) bond motifs is 1. The lowest BCUT2D eigenvalue weighted by Crippen LogP contribution is -1.99. The van der Waals surface area contributed by atoms with Gasteiger partial charge in [-0.05, 0) is 36.8 Å². The first kappa shape index (κ1) is 13.7. The van der Waals surface area contributed by atoms with Gasteiger partial charge in [0.05, 0.1) is 6.61 Å². The number of hydrogen-bond acceptors (Lipinski definition) is 1. The van der Waals surface area contributed by atoms with Gasteiger partial charge in [-0.2, -0.15) is 0 Å². The van der Waals surface area contributed by atoms with Gasteiger partial charge in [0, 0.05) is 5.39 Å². The standard InChI is InChI=1S/C20H20O/c1-16-11-13-17(14-12-16)6-5-15-21-20-10-4-8-18-7-2-3-9-19(18)20/h2-4,7-14H,5-6,15H2,1H3. The monoisotopic (exact) mass is 276 g/mol. The number of aryl methyl sites for hydroxylation is 2. The summed E-state index contributed by atoms with van der Waals surface area (Å²) in [6, 6.07) is 23.3. The summed E-state index contributed by atoms with van der Waals surface area (Å²) in [7, 11) is 0. The van der Waals surface area contributed by atoms with E-state index < -0.39 is 0 Å². The SMILES string of the molecule is Cc1ccc(CCCOc2cccc3ccccc23)cc1. The van der Waals surface area contributed by atoms with Crippen LogP contribution in [-0.2, 0) is 6.42 Å². The Morgan fingerprint density at radius 1 is 0.810 bits per heavy atom. The van der Waals surface area contributed by atoms with Crippen molar-refractivity contribution in [3.8, 4) is 5.75 Å². The summed E-state index contributed by atoms with van der Waals surface area (Å²) in [5.41, 5.74) is 2.69. The van der Waals surface area contributed by atoms with Crippen molar-refractivity contribution in [2.24, 2.45) is 0 Å². The molecule has 0 N–H and O–H groups in total. The fourth-order valence-corrected chi connectivity index (χ4v) is 2.53. The molecule has 0 saturated carbocycles. The summed E-state index contributed by atoms with van der Waals surface area (Å²) in [4.78, 5) is 0. The highest BCUT2D eigenvalue weighted by atomic mass is 16.5. The molecule has 0 atom stereocenters. The zero-order valence-corrected chi connectivity index (χ0v) is 12.4. The molecule has 0 spiro atoms. The number of benzene rings is 3. The van der Waals surface area contributed by atoms with Crippen LogP contribution in [0.5, 0.6) is 5.75 Å². The largest absolute Gasteiger partial charge is 0.493 e. The van der Waals surface area contributed by atoms with Crippen LogP contribution in [0.1, 0.15) is 17.5 Å². The molecular weight excluding hydrogens is 256 g/mol. The average Bonchev–Trinajstić information content (AvgIpc) is 2.53. The first-order valence-electron chi connectivity index (χ1n) is 7.49. The second-order valence-corrected chi connectivity index (χ2v) is 5.41. The van der Waals surface area contributed by atoms with Gasteiger partial charge in [-0.15, -0.1) is 0 Å². The van der Waals surface area contributed by atoms with Crippen molar-refractivity contribution in [1.29, 1.82) is 0 Å². The molecule has 3 aromatic carbocycles. The van der Waals surface area contributed by atoms with Crippen LogP contribution in [0.25, 0.3) is 10.8 Å². The van der Waals surface area contributed by atoms with Crippen molar-refractivity contribution < 1.29 is 4.74 Å². The van der Waals surface area contributed by atoms with E-state index in [1.165, 1.54) is 21.9 Å². The Bertz CT molecular complexity index is 708. The maximum absolute atomic E-state index is 5.96. The van der Waals surface area contributed by atoms with Gasteiger partial charge < -0.3 is 4.74 Å². The van der Waals surface area contributed by atoms with Crippen molar-refractivity contribution in [2.75, 3.05) is 6.61 Å². The minimum atomic E-state index is 0.752. The van der Waals surface area contributed by atoms with Crippen LogP contribution in [0.4, 0.5) is 0 Å². The van der Waals surface area contributed by atoms with Gasteiger partial charge in [0.2, 0.25) is 0 Å². The third-order valence-electron chi connectivity index (χ3n) is 3.74. The third kappa shape index (κ3) is 3.43. The molecular formula is C20H20O. The highest BCUT2D eigenvalue weighted by Crippen LogP contribution is 2.25. The first-order chi connectivity index (χ1) is 10.3. The molecule has 3 rings (SSSR count). The van der Waals surface area contributed by atoms with Crippen molar-refractivity contribution in [3.63, 3.8) is 0 Å². The van der Waals surface area contributed by atoms with E-state index in [-0.39, 0.29) is 0 Å². The lowest BCUT2D eigenvalue weighted by atomic mass is 10.1. The van der Waals surface area contributed by atoms with Crippen LogP contribution in [0, 0.1) is 6.92 Å². The zero-order valence-electron chi connectivity index (χ0n) is 12.4. The maximum atomic E-state index is 5.96. The van der Waals surface area contributed by atoms with Crippen LogP contribution < -0.4 is 4.74 Å². The normalized spacial score (nSPS) is 10.7. The molecule has 0 amide bonds. The second-order valence-electron chi connectivity index (χ2n) is 5.41. The summed E-state index contributed by atoms with van der Waals surface area (Å²) < 4.78 is 5.96. The average molecular weight is 276 g/mol. The van der Waals surface area contributed by atoms with Gasteiger partial charge in [-0.25, -0.2) is 0 Å². The Morgan fingerprint density at radius 3 is 2.43 bits per heavy atom. The highest BCUT2D eigenvalue weighted by molar-refractivity contribution is 5.88. The third-order valence-corrected chi connectivity index (χ3v) is 3.74. The molecule has 1 heteroatoms. The minimum absolute atomic E-state index is 0.752. The van der Waals surface area contributed by atoms with E-state index in [4.69, 9.17) is 4.74 Å². The molecule has 0 aliphatic rings. The molecule has 1 nitrogen and oxygen atoms in total. The Hall–Kier alpha value is -2.28. The molecule has 21 heavy (non-hydrogen) atoms. The molecule has 0 heterocycles. The maximum Gasteiger partial charge on any atom is 0.127 e. The molecule has 0 aliphatic heterocycles. The van der Waals surface area contributed by atoms with Gasteiger partial charge >= 0.3 is 0 Å². The quantitative estimate of drug-likeness (QED) is 0.585. The molecule has 0 bridgehead atoms. The van der Waals surface area contributed by atoms with E-state index in [1.807, 2.05) is 6.07 Å². The molecule has 0 aromatic heterocycles. The van der Waals surface area contributed by atoms with E-state index in [9.17, 15) is 0 Å². The summed E-state index contributed by atoms with van der Waals surface area (Å²) >= 11 is 0. The molecule has 0 radical (unpaired) electrons. The van der Waals surface area contributed by atoms with Crippen molar-refractivity contribution in [2.45, 2.75) is 19.8 Å². The van der Waals surface area contributed by atoms with Gasteiger partial charge in [-0.1, -0.05) is 66.2 Å². The van der Waals surface area contributed by atoms with Crippen molar-refractivity contribution in [3.05, 3.63) is 77.9 Å². The van der Waals surface area contributed by atoms with Crippen molar-refractivity contribution in [1.82, 2.24) is 0 Å². The number of ether oxygens (including phenoxy) is 1. The Labute approximate surface area is 126 Å². The van der Waals surface area contributed by atoms with Crippen LogP contribution in [-0.4, -0.2) is 6.61 Å². The first-order valence-corrected chi connectivity index (χ1v) is 7.49. The predicted molar refractivity (Wildman–Crippen MR) is 88.9 cm³/mol. The molecule has 3 aromatic rings. The van der Waals surface area contributed by atoms with Gasteiger partial charge in [0.15, 0.2) is 0 Å². The van der Waals surface area contributed by atoms with Gasteiger partial charge in [0.25, 0.3) is 0 Å². The molecule has 0 unspecified atom stereocenters. The van der Waals surface area contributed by atoms with E-state index >= 15 is 0 Å². The lowest BCUT2D eigenvalue weighted by Gasteiger charge is -2.09. The summed E-state index contributed by atoms with van der Waals surface area (Å²) in [5, 5.41) is 2.42. The van der Waals surface area contributed by atoms with Crippen LogP contribution in [0.3, 0.4) is 0 Å². The van der Waals surface area contributed by atoms with Crippen LogP contribution >= 0.6 is 0 Å². The minimum Gasteiger partial charge on any atom is -0.493 e. The summed E-state index contributed by atoms with van der Waals surface area (Å²) in [5.74, 6) is 0.983. The van der Waals surface area contributed by atoms with Gasteiger partial charge in [0.1, 0.15) is 5.75 Å². The zero-order chi connectivity index (χ0) is 14.5. The topological polar surface area (TPSA) is 9.23 Å². The van der Waals surface area contributed by atoms with E-state index in [0.29, 0.717) is 0 Å².